The minimum atomic E-state index is 0.121. The summed E-state index contributed by atoms with van der Waals surface area (Å²) in [4.78, 5) is 16.1. The van der Waals surface area contributed by atoms with Crippen LogP contribution in [0.4, 0.5) is 0 Å². The van der Waals surface area contributed by atoms with Crippen LogP contribution < -0.4 is 0 Å². The van der Waals surface area contributed by atoms with E-state index in [1.165, 1.54) is 29.3 Å². The zero-order valence-electron chi connectivity index (χ0n) is 15.2. The molecule has 3 heteroatoms. The molecule has 2 aromatic carbocycles. The molecule has 0 N–H and O–H groups in total. The van der Waals surface area contributed by atoms with Crippen LogP contribution in [-0.4, -0.2) is 29.6 Å². The first-order valence-electron chi connectivity index (χ1n) is 9.10. The van der Waals surface area contributed by atoms with Gasteiger partial charge in [0, 0.05) is 16.5 Å². The zero-order valence-corrected chi connectivity index (χ0v) is 16.0. The van der Waals surface area contributed by atoms with Gasteiger partial charge in [-0.1, -0.05) is 50.2 Å². The molecule has 2 aliphatic rings. The van der Waals surface area contributed by atoms with Gasteiger partial charge in [-0.25, -0.2) is 0 Å². The standard InChI is InChI=1S/C22H25NOS/c1-15-20-13-17-9-10-18(25-21(24)16-7-5-4-6-8-16)14-19(17)22(15,2)11-12-23(20)3/h4-10,14-15,20H,11-13H2,1-3H3/t15-,20+,22+/m0/s1. The Morgan fingerprint density at radius 2 is 1.96 bits per heavy atom. The predicted molar refractivity (Wildman–Crippen MR) is 104 cm³/mol. The first kappa shape index (κ1) is 16.9. The Morgan fingerprint density at radius 3 is 2.72 bits per heavy atom. The van der Waals surface area contributed by atoms with Crippen LogP contribution in [0.1, 0.15) is 41.8 Å². The van der Waals surface area contributed by atoms with Crippen LogP contribution in [0.15, 0.2) is 53.4 Å². The van der Waals surface area contributed by atoms with Crippen molar-refractivity contribution in [1.82, 2.24) is 4.90 Å². The molecule has 3 atom stereocenters. The molecule has 130 valence electrons. The van der Waals surface area contributed by atoms with E-state index in [4.69, 9.17) is 0 Å². The maximum Gasteiger partial charge on any atom is 0.224 e. The third-order valence-electron chi connectivity index (χ3n) is 6.48. The van der Waals surface area contributed by atoms with E-state index >= 15 is 0 Å². The molecule has 1 aliphatic heterocycles. The van der Waals surface area contributed by atoms with E-state index < -0.39 is 0 Å². The third kappa shape index (κ3) is 2.84. The quantitative estimate of drug-likeness (QED) is 0.727. The van der Waals surface area contributed by atoms with Crippen molar-refractivity contribution in [3.8, 4) is 0 Å². The van der Waals surface area contributed by atoms with E-state index in [0.717, 1.165) is 23.4 Å². The molecule has 25 heavy (non-hydrogen) atoms. The predicted octanol–water partition coefficient (Wildman–Crippen LogP) is 4.77. The SMILES string of the molecule is C[C@H]1[C@H]2Cc3ccc(SC(=O)c4ccccc4)cc3[C@]1(C)CCN2C. The van der Waals surface area contributed by atoms with E-state index in [1.54, 1.807) is 0 Å². The Bertz CT molecular complexity index is 803. The van der Waals surface area contributed by atoms with Crippen molar-refractivity contribution in [3.63, 3.8) is 0 Å². The Labute approximate surface area is 154 Å². The van der Waals surface area contributed by atoms with Crippen LogP contribution in [0.3, 0.4) is 0 Å². The summed E-state index contributed by atoms with van der Waals surface area (Å²) >= 11 is 1.35. The number of thioether (sulfide) groups is 1. The van der Waals surface area contributed by atoms with Gasteiger partial charge in [-0.3, -0.25) is 4.79 Å². The van der Waals surface area contributed by atoms with Crippen molar-refractivity contribution in [3.05, 3.63) is 65.2 Å². The molecule has 0 spiro atoms. The van der Waals surface area contributed by atoms with E-state index in [9.17, 15) is 4.79 Å². The fourth-order valence-electron chi connectivity index (χ4n) is 4.62. The molecule has 1 aliphatic carbocycles. The summed E-state index contributed by atoms with van der Waals surface area (Å²) in [5.74, 6) is 0.642. The van der Waals surface area contributed by atoms with Gasteiger partial charge in [-0.05, 0) is 72.8 Å². The van der Waals surface area contributed by atoms with Gasteiger partial charge in [0.05, 0.1) is 0 Å². The molecule has 0 radical (unpaired) electrons. The second-order valence-corrected chi connectivity index (χ2v) is 8.83. The maximum absolute atomic E-state index is 12.5. The fraction of sp³-hybridized carbons (Fsp3) is 0.409. The summed E-state index contributed by atoms with van der Waals surface area (Å²) in [6, 6.07) is 16.9. The highest BCUT2D eigenvalue weighted by Crippen LogP contribution is 2.49. The Hall–Kier alpha value is -1.58. The smallest absolute Gasteiger partial charge is 0.224 e. The van der Waals surface area contributed by atoms with Crippen LogP contribution >= 0.6 is 11.8 Å². The van der Waals surface area contributed by atoms with E-state index in [0.29, 0.717) is 12.0 Å². The molecular weight excluding hydrogens is 326 g/mol. The monoisotopic (exact) mass is 351 g/mol. The van der Waals surface area contributed by atoms with Crippen molar-refractivity contribution in [1.29, 1.82) is 0 Å². The Kier molecular flexibility index (Phi) is 4.25. The molecule has 0 unspecified atom stereocenters. The number of fused-ring (bicyclic) bond motifs is 4. The first-order valence-corrected chi connectivity index (χ1v) is 9.91. The first-order chi connectivity index (χ1) is 12.0. The summed E-state index contributed by atoms with van der Waals surface area (Å²) in [7, 11) is 2.26. The molecule has 2 aromatic rings. The third-order valence-corrected chi connectivity index (χ3v) is 7.39. The highest BCUT2D eigenvalue weighted by Gasteiger charge is 2.47. The highest BCUT2D eigenvalue weighted by atomic mass is 32.2. The van der Waals surface area contributed by atoms with Gasteiger partial charge in [0.2, 0.25) is 5.12 Å². The summed E-state index contributed by atoms with van der Waals surface area (Å²) in [6.45, 7) is 5.98. The molecule has 0 aromatic heterocycles. The van der Waals surface area contributed by atoms with Crippen LogP contribution in [0, 0.1) is 5.92 Å². The second-order valence-electron chi connectivity index (χ2n) is 7.78. The minimum absolute atomic E-state index is 0.121. The van der Waals surface area contributed by atoms with E-state index in [1.807, 2.05) is 30.3 Å². The van der Waals surface area contributed by atoms with Crippen molar-refractivity contribution in [2.24, 2.45) is 5.92 Å². The van der Waals surface area contributed by atoms with Gasteiger partial charge in [0.1, 0.15) is 0 Å². The molecule has 0 amide bonds. The van der Waals surface area contributed by atoms with Gasteiger partial charge < -0.3 is 4.90 Å². The number of carbonyl (C=O) groups is 1. The Balaban J connectivity index is 1.65. The van der Waals surface area contributed by atoms with E-state index in [-0.39, 0.29) is 10.5 Å². The summed E-state index contributed by atoms with van der Waals surface area (Å²) in [5, 5.41) is 0.121. The normalized spacial score (nSPS) is 28.4. The van der Waals surface area contributed by atoms with Crippen molar-refractivity contribution in [2.75, 3.05) is 13.6 Å². The van der Waals surface area contributed by atoms with Gasteiger partial charge >= 0.3 is 0 Å². The second kappa shape index (κ2) is 6.30. The molecule has 1 fully saturated rings. The lowest BCUT2D eigenvalue weighted by atomic mass is 9.59. The molecule has 1 heterocycles. The lowest BCUT2D eigenvalue weighted by Gasteiger charge is -2.53. The molecule has 1 saturated heterocycles. The minimum Gasteiger partial charge on any atom is -0.303 e. The highest BCUT2D eigenvalue weighted by molar-refractivity contribution is 8.14. The van der Waals surface area contributed by atoms with Crippen LogP contribution in [0.5, 0.6) is 0 Å². The number of hydrogen-bond acceptors (Lipinski definition) is 3. The number of rotatable bonds is 2. The van der Waals surface area contributed by atoms with Gasteiger partial charge in [-0.15, -0.1) is 0 Å². The van der Waals surface area contributed by atoms with Crippen LogP contribution in [0.2, 0.25) is 0 Å². The Morgan fingerprint density at radius 1 is 1.20 bits per heavy atom. The largest absolute Gasteiger partial charge is 0.303 e. The number of benzene rings is 2. The van der Waals surface area contributed by atoms with Crippen LogP contribution in [-0.2, 0) is 11.8 Å². The van der Waals surface area contributed by atoms with Gasteiger partial charge in [0.15, 0.2) is 0 Å². The maximum atomic E-state index is 12.5. The van der Waals surface area contributed by atoms with Crippen molar-refractivity contribution in [2.45, 2.75) is 43.0 Å². The fourth-order valence-corrected chi connectivity index (χ4v) is 5.40. The number of piperidine rings is 1. The number of likely N-dealkylation sites (tertiary alicyclic amines) is 1. The molecule has 4 rings (SSSR count). The molecule has 2 bridgehead atoms. The topological polar surface area (TPSA) is 20.3 Å². The number of nitrogens with zero attached hydrogens (tertiary/aromatic N) is 1. The van der Waals surface area contributed by atoms with Crippen molar-refractivity contribution >= 4 is 16.9 Å². The number of likely N-dealkylation sites (N-methyl/N-ethyl adjacent to an activating group) is 1. The average molecular weight is 352 g/mol. The summed E-state index contributed by atoms with van der Waals surface area (Å²) < 4.78 is 0. The lowest BCUT2D eigenvalue weighted by molar-refractivity contribution is 0.0506. The van der Waals surface area contributed by atoms with Gasteiger partial charge in [-0.2, -0.15) is 0 Å². The summed E-state index contributed by atoms with van der Waals surface area (Å²) in [6.07, 6.45) is 2.31. The number of hydrogen-bond donors (Lipinski definition) is 0. The zero-order chi connectivity index (χ0) is 17.6. The van der Waals surface area contributed by atoms with E-state index in [2.05, 4.69) is 44.0 Å². The molecule has 2 nitrogen and oxygen atoms in total. The lowest BCUT2D eigenvalue weighted by Crippen LogP contribution is -2.56. The molecular formula is C22H25NOS. The van der Waals surface area contributed by atoms with Gasteiger partial charge in [0.25, 0.3) is 0 Å². The van der Waals surface area contributed by atoms with Crippen molar-refractivity contribution < 1.29 is 4.79 Å². The number of carbonyl (C=O) groups excluding carboxylic acids is 1. The molecule has 0 saturated carbocycles. The summed E-state index contributed by atoms with van der Waals surface area (Å²) in [5.41, 5.74) is 3.92. The average Bonchev–Trinajstić information content (AvgIpc) is 2.63. The van der Waals surface area contributed by atoms with Crippen LogP contribution in [0.25, 0.3) is 0 Å².